The van der Waals surface area contributed by atoms with Crippen LogP contribution in [0.5, 0.6) is 0 Å². The number of nitrogens with one attached hydrogen (secondary N) is 1. The number of imide groups is 1. The molecule has 2 saturated carbocycles. The van der Waals surface area contributed by atoms with Gasteiger partial charge >= 0.3 is 5.97 Å². The zero-order valence-corrected chi connectivity index (χ0v) is 19.8. The van der Waals surface area contributed by atoms with Gasteiger partial charge in [0.05, 0.1) is 33.8 Å². The first-order valence-corrected chi connectivity index (χ1v) is 11.9. The Morgan fingerprint density at radius 3 is 2.27 bits per heavy atom. The second-order valence-electron chi connectivity index (χ2n) is 8.69. The third-order valence-corrected chi connectivity index (χ3v) is 7.63. The monoisotopic (exact) mass is 530 g/mol. The number of hydrogen-bond donors (Lipinski definition) is 1. The number of benzene rings is 2. The first kappa shape index (κ1) is 22.1. The minimum Gasteiger partial charge on any atom is -0.452 e. The number of halogens is 2. The number of hydrogen-bond acceptors (Lipinski definition) is 5. The van der Waals surface area contributed by atoms with Crippen molar-refractivity contribution < 1.29 is 23.9 Å². The highest BCUT2D eigenvalue weighted by Gasteiger charge is 2.61. The van der Waals surface area contributed by atoms with E-state index in [1.54, 1.807) is 30.3 Å². The first-order valence-electron chi connectivity index (χ1n) is 10.7. The topological polar surface area (TPSA) is 92.8 Å². The van der Waals surface area contributed by atoms with Crippen LogP contribution in [0.25, 0.3) is 0 Å². The minimum atomic E-state index is -0.687. The molecule has 1 N–H and O–H groups in total. The summed E-state index contributed by atoms with van der Waals surface area (Å²) in [4.78, 5) is 51.6. The van der Waals surface area contributed by atoms with E-state index in [-0.39, 0.29) is 29.2 Å². The second-order valence-corrected chi connectivity index (χ2v) is 10.0. The van der Waals surface area contributed by atoms with E-state index in [1.165, 1.54) is 17.0 Å². The van der Waals surface area contributed by atoms with Gasteiger partial charge in [-0.25, -0.2) is 4.79 Å². The van der Waals surface area contributed by atoms with Crippen LogP contribution >= 0.6 is 27.5 Å². The summed E-state index contributed by atoms with van der Waals surface area (Å²) in [5.41, 5.74) is 1.08. The van der Waals surface area contributed by atoms with Gasteiger partial charge in [-0.2, -0.15) is 0 Å². The molecular weight excluding hydrogens is 512 g/mol. The number of fused-ring (bicyclic) bond motifs is 5. The number of rotatable bonds is 5. The van der Waals surface area contributed by atoms with E-state index in [0.29, 0.717) is 28.2 Å². The van der Waals surface area contributed by atoms with Gasteiger partial charge in [0.2, 0.25) is 11.8 Å². The SMILES string of the molecule is O=C(COC(=O)c1ccc(N2C(=O)[C@H]3[C@H]4CC[C@@H](C4)[C@@H]3C2=O)cc1)Nc1ccc(Br)cc1Cl. The van der Waals surface area contributed by atoms with Gasteiger partial charge in [-0.3, -0.25) is 19.3 Å². The average Bonchev–Trinajstić information content (AvgIpc) is 3.48. The van der Waals surface area contributed by atoms with Crippen LogP contribution in [0.2, 0.25) is 5.02 Å². The molecule has 4 atom stereocenters. The van der Waals surface area contributed by atoms with Crippen LogP contribution in [0.15, 0.2) is 46.9 Å². The lowest BCUT2D eigenvalue weighted by molar-refractivity contribution is -0.123. The fourth-order valence-corrected chi connectivity index (χ4v) is 6.12. The fourth-order valence-electron chi connectivity index (χ4n) is 5.40. The Hall–Kier alpha value is -2.71. The molecule has 1 saturated heterocycles. The standard InChI is InChI=1S/C24H20BrClN2O5/c25-15-5-8-18(17(26)10-15)27-19(29)11-33-24(32)12-3-6-16(7-4-12)28-22(30)20-13-1-2-14(9-13)21(20)23(28)31/h3-8,10,13-14,20-21H,1-2,9,11H2,(H,27,29)/t13-,14-,20-,21-/m0/s1. The van der Waals surface area contributed by atoms with Crippen molar-refractivity contribution in [1.29, 1.82) is 0 Å². The number of esters is 1. The molecule has 3 aliphatic rings. The Balaban J connectivity index is 1.20. The molecule has 2 aromatic carbocycles. The van der Waals surface area contributed by atoms with Crippen molar-refractivity contribution in [3.05, 3.63) is 57.5 Å². The first-order chi connectivity index (χ1) is 15.8. The maximum absolute atomic E-state index is 12.9. The maximum Gasteiger partial charge on any atom is 0.338 e. The number of carbonyl (C=O) groups is 4. The Bertz CT molecular complexity index is 1140. The lowest BCUT2D eigenvalue weighted by Crippen LogP contribution is -2.32. The van der Waals surface area contributed by atoms with Crippen LogP contribution in [-0.4, -0.2) is 30.3 Å². The van der Waals surface area contributed by atoms with Gasteiger partial charge in [0, 0.05) is 4.47 Å². The summed E-state index contributed by atoms with van der Waals surface area (Å²) in [6.45, 7) is -0.484. The molecule has 3 amide bonds. The smallest absolute Gasteiger partial charge is 0.338 e. The molecule has 0 radical (unpaired) electrons. The molecule has 3 fully saturated rings. The van der Waals surface area contributed by atoms with E-state index in [2.05, 4.69) is 21.2 Å². The molecule has 7 nitrogen and oxygen atoms in total. The Kier molecular flexibility index (Phi) is 5.74. The number of carbonyl (C=O) groups excluding carboxylic acids is 4. The molecule has 2 aromatic rings. The second kappa shape index (κ2) is 8.57. The molecule has 2 aliphatic carbocycles. The van der Waals surface area contributed by atoms with Crippen molar-refractivity contribution in [3.8, 4) is 0 Å². The number of amides is 3. The predicted molar refractivity (Wildman–Crippen MR) is 125 cm³/mol. The van der Waals surface area contributed by atoms with E-state index in [9.17, 15) is 19.2 Å². The summed E-state index contributed by atoms with van der Waals surface area (Å²) in [5.74, 6) is -1.24. The van der Waals surface area contributed by atoms with Crippen molar-refractivity contribution in [2.24, 2.45) is 23.7 Å². The van der Waals surface area contributed by atoms with Gasteiger partial charge in [0.15, 0.2) is 6.61 Å². The molecule has 9 heteroatoms. The maximum atomic E-state index is 12.9. The van der Waals surface area contributed by atoms with Gasteiger partial charge in [-0.1, -0.05) is 27.5 Å². The third kappa shape index (κ3) is 3.95. The summed E-state index contributed by atoms with van der Waals surface area (Å²) < 4.78 is 5.85. The molecule has 33 heavy (non-hydrogen) atoms. The van der Waals surface area contributed by atoms with Crippen LogP contribution in [0, 0.1) is 23.7 Å². The Morgan fingerprint density at radius 1 is 1.03 bits per heavy atom. The Labute approximate surface area is 203 Å². The van der Waals surface area contributed by atoms with E-state index in [1.807, 2.05) is 0 Å². The largest absolute Gasteiger partial charge is 0.452 e. The molecule has 0 spiro atoms. The molecular formula is C24H20BrClN2O5. The zero-order chi connectivity index (χ0) is 23.3. The molecule has 0 aromatic heterocycles. The molecule has 0 unspecified atom stereocenters. The van der Waals surface area contributed by atoms with Gasteiger partial charge in [0.25, 0.3) is 5.91 Å². The number of anilines is 2. The average molecular weight is 532 g/mol. The van der Waals surface area contributed by atoms with E-state index >= 15 is 0 Å². The highest BCUT2D eigenvalue weighted by molar-refractivity contribution is 9.10. The van der Waals surface area contributed by atoms with E-state index < -0.39 is 18.5 Å². The molecule has 5 rings (SSSR count). The number of nitrogens with zero attached hydrogens (tertiary/aromatic N) is 1. The van der Waals surface area contributed by atoms with Crippen molar-refractivity contribution in [1.82, 2.24) is 0 Å². The summed E-state index contributed by atoms with van der Waals surface area (Å²) in [7, 11) is 0. The molecule has 170 valence electrons. The van der Waals surface area contributed by atoms with Crippen molar-refractivity contribution in [3.63, 3.8) is 0 Å². The summed E-state index contributed by atoms with van der Waals surface area (Å²) in [6.07, 6.45) is 3.02. The third-order valence-electron chi connectivity index (χ3n) is 6.83. The normalized spacial score (nSPS) is 25.3. The minimum absolute atomic E-state index is 0.129. The van der Waals surface area contributed by atoms with E-state index in [4.69, 9.17) is 16.3 Å². The van der Waals surface area contributed by atoms with Crippen LogP contribution in [0.3, 0.4) is 0 Å². The van der Waals surface area contributed by atoms with Gasteiger partial charge in [-0.05, 0) is 73.6 Å². The van der Waals surface area contributed by atoms with Crippen molar-refractivity contribution in [2.45, 2.75) is 19.3 Å². The van der Waals surface area contributed by atoms with Gasteiger partial charge in [0.1, 0.15) is 0 Å². The van der Waals surface area contributed by atoms with Crippen molar-refractivity contribution >= 4 is 62.6 Å². The highest BCUT2D eigenvalue weighted by atomic mass is 79.9. The van der Waals surface area contributed by atoms with Gasteiger partial charge in [-0.15, -0.1) is 0 Å². The predicted octanol–water partition coefficient (Wildman–Crippen LogP) is 4.43. The summed E-state index contributed by atoms with van der Waals surface area (Å²) in [6, 6.07) is 11.1. The fraction of sp³-hybridized carbons (Fsp3) is 0.333. The Morgan fingerprint density at radius 2 is 1.67 bits per heavy atom. The van der Waals surface area contributed by atoms with Crippen LogP contribution in [-0.2, 0) is 19.1 Å². The molecule has 1 aliphatic heterocycles. The zero-order valence-electron chi connectivity index (χ0n) is 17.4. The lowest BCUT2D eigenvalue weighted by Gasteiger charge is -2.19. The molecule has 2 bridgehead atoms. The lowest BCUT2D eigenvalue weighted by atomic mass is 9.81. The van der Waals surface area contributed by atoms with Gasteiger partial charge < -0.3 is 10.1 Å². The summed E-state index contributed by atoms with van der Waals surface area (Å²) >= 11 is 9.35. The van der Waals surface area contributed by atoms with Crippen LogP contribution < -0.4 is 10.2 Å². The van der Waals surface area contributed by atoms with E-state index in [0.717, 1.165) is 23.7 Å². The summed E-state index contributed by atoms with van der Waals surface area (Å²) in [5, 5.41) is 2.93. The number of ether oxygens (including phenoxy) is 1. The molecule has 1 heterocycles. The van der Waals surface area contributed by atoms with Crippen LogP contribution in [0.1, 0.15) is 29.6 Å². The van der Waals surface area contributed by atoms with Crippen molar-refractivity contribution in [2.75, 3.05) is 16.8 Å². The highest BCUT2D eigenvalue weighted by Crippen LogP contribution is 2.56. The van der Waals surface area contributed by atoms with Crippen LogP contribution in [0.4, 0.5) is 11.4 Å². The quantitative estimate of drug-likeness (QED) is 0.455.